The fourth-order valence-corrected chi connectivity index (χ4v) is 1.36. The van der Waals surface area contributed by atoms with Crippen molar-refractivity contribution in [3.05, 3.63) is 48.1 Å². The minimum Gasteiger partial charge on any atom is -0.347 e. The number of nitrogens with zero attached hydrogens (tertiary/aromatic N) is 2. The molecular weight excluding hydrogens is 220 g/mol. The summed E-state index contributed by atoms with van der Waals surface area (Å²) in [6.07, 6.45) is 1.21. The van der Waals surface area contributed by atoms with Crippen LogP contribution in [-0.4, -0.2) is 16.0 Å². The van der Waals surface area contributed by atoms with E-state index in [1.54, 1.807) is 12.1 Å². The lowest BCUT2D eigenvalue weighted by molar-refractivity contribution is -0.122. The quantitative estimate of drug-likeness (QED) is 0.795. The van der Waals surface area contributed by atoms with Gasteiger partial charge in [0.1, 0.15) is 6.04 Å². The van der Waals surface area contributed by atoms with E-state index in [1.807, 2.05) is 18.2 Å². The summed E-state index contributed by atoms with van der Waals surface area (Å²) in [7, 11) is 0. The first-order chi connectivity index (χ1) is 8.27. The number of hydrogen-bond donors (Lipinski definition) is 2. The van der Waals surface area contributed by atoms with E-state index in [-0.39, 0.29) is 12.5 Å². The first-order valence-electron chi connectivity index (χ1n) is 5.11. The van der Waals surface area contributed by atoms with E-state index in [4.69, 9.17) is 5.73 Å². The predicted octanol–water partition coefficient (Wildman–Crippen LogP) is 0.386. The van der Waals surface area contributed by atoms with Gasteiger partial charge in [0, 0.05) is 0 Å². The number of hydrogen-bond acceptors (Lipinski definition) is 5. The molecule has 0 aliphatic heterocycles. The van der Waals surface area contributed by atoms with Gasteiger partial charge in [-0.05, 0) is 5.56 Å². The summed E-state index contributed by atoms with van der Waals surface area (Å²) < 4.78 is 4.55. The Hall–Kier alpha value is -2.21. The number of benzene rings is 1. The lowest BCUT2D eigenvalue weighted by Gasteiger charge is -2.11. The maximum atomic E-state index is 11.7. The van der Waals surface area contributed by atoms with Crippen LogP contribution >= 0.6 is 0 Å². The van der Waals surface area contributed by atoms with E-state index >= 15 is 0 Å². The smallest absolute Gasteiger partial charge is 0.241 e. The Kier molecular flexibility index (Phi) is 3.46. The van der Waals surface area contributed by atoms with Crippen LogP contribution < -0.4 is 11.1 Å². The first kappa shape index (κ1) is 11.3. The fraction of sp³-hybridized carbons (Fsp3) is 0.182. The van der Waals surface area contributed by atoms with Crippen LogP contribution in [0.25, 0.3) is 0 Å². The summed E-state index contributed by atoms with van der Waals surface area (Å²) >= 11 is 0. The molecule has 6 heteroatoms. The average Bonchev–Trinajstić information content (AvgIpc) is 2.89. The van der Waals surface area contributed by atoms with Gasteiger partial charge in [-0.25, -0.2) is 0 Å². The van der Waals surface area contributed by atoms with Crippen LogP contribution in [0.5, 0.6) is 0 Å². The molecule has 0 fully saturated rings. The second-order valence-corrected chi connectivity index (χ2v) is 3.45. The molecule has 1 aromatic heterocycles. The van der Waals surface area contributed by atoms with Crippen LogP contribution in [-0.2, 0) is 11.3 Å². The zero-order chi connectivity index (χ0) is 12.1. The lowest BCUT2D eigenvalue weighted by Crippen LogP contribution is -2.33. The molecule has 0 bridgehead atoms. The number of aromatic nitrogens is 2. The highest BCUT2D eigenvalue weighted by molar-refractivity contribution is 5.82. The van der Waals surface area contributed by atoms with Gasteiger partial charge >= 0.3 is 0 Å². The summed E-state index contributed by atoms with van der Waals surface area (Å²) in [6.45, 7) is 0.204. The van der Waals surface area contributed by atoms with Crippen molar-refractivity contribution in [2.75, 3.05) is 0 Å². The van der Waals surface area contributed by atoms with Crippen molar-refractivity contribution in [3.63, 3.8) is 0 Å². The van der Waals surface area contributed by atoms with Crippen molar-refractivity contribution in [2.45, 2.75) is 12.6 Å². The number of nitrogens with one attached hydrogen (secondary N) is 1. The molecule has 2 aromatic rings. The maximum absolute atomic E-state index is 11.7. The molecule has 1 aromatic carbocycles. The molecular formula is C11H12N4O2. The third-order valence-corrected chi connectivity index (χ3v) is 2.27. The van der Waals surface area contributed by atoms with Gasteiger partial charge < -0.3 is 15.6 Å². The molecule has 0 saturated carbocycles. The largest absolute Gasteiger partial charge is 0.347 e. The van der Waals surface area contributed by atoms with Crippen molar-refractivity contribution < 1.29 is 9.32 Å². The Morgan fingerprint density at radius 1 is 1.41 bits per heavy atom. The van der Waals surface area contributed by atoms with Gasteiger partial charge in [0.25, 0.3) is 0 Å². The van der Waals surface area contributed by atoms with Gasteiger partial charge in [-0.2, -0.15) is 4.98 Å². The predicted molar refractivity (Wildman–Crippen MR) is 59.5 cm³/mol. The lowest BCUT2D eigenvalue weighted by atomic mass is 10.1. The standard InChI is InChI=1S/C11H12N4O2/c12-10(8-4-2-1-3-5-8)11(16)13-6-9-14-7-17-15-9/h1-5,7,10H,6,12H2,(H,13,16)/t10-/m1/s1. The van der Waals surface area contributed by atoms with E-state index in [1.165, 1.54) is 6.39 Å². The molecule has 0 aliphatic rings. The van der Waals surface area contributed by atoms with E-state index in [2.05, 4.69) is 20.0 Å². The van der Waals surface area contributed by atoms with Gasteiger partial charge in [-0.15, -0.1) is 0 Å². The fourth-order valence-electron chi connectivity index (χ4n) is 1.36. The molecule has 0 aliphatic carbocycles. The molecule has 0 spiro atoms. The maximum Gasteiger partial charge on any atom is 0.241 e. The summed E-state index contributed by atoms with van der Waals surface area (Å²) in [5.74, 6) is 0.139. The molecule has 3 N–H and O–H groups in total. The highest BCUT2D eigenvalue weighted by Gasteiger charge is 2.15. The van der Waals surface area contributed by atoms with Crippen molar-refractivity contribution in [3.8, 4) is 0 Å². The number of carbonyl (C=O) groups excluding carboxylic acids is 1. The Morgan fingerprint density at radius 3 is 2.82 bits per heavy atom. The summed E-state index contributed by atoms with van der Waals surface area (Å²) in [6, 6.07) is 8.46. The van der Waals surface area contributed by atoms with Gasteiger partial charge in [-0.1, -0.05) is 35.5 Å². The normalized spacial score (nSPS) is 12.1. The third kappa shape index (κ3) is 2.88. The van der Waals surface area contributed by atoms with Crippen LogP contribution in [0.3, 0.4) is 0 Å². The summed E-state index contributed by atoms with van der Waals surface area (Å²) in [5, 5.41) is 6.21. The highest BCUT2D eigenvalue weighted by Crippen LogP contribution is 2.09. The Labute approximate surface area is 97.8 Å². The number of nitrogens with two attached hydrogens (primary N) is 1. The average molecular weight is 232 g/mol. The van der Waals surface area contributed by atoms with Crippen molar-refractivity contribution in [1.29, 1.82) is 0 Å². The number of amides is 1. The van der Waals surface area contributed by atoms with Crippen LogP contribution in [0.1, 0.15) is 17.4 Å². The minimum atomic E-state index is -0.692. The Bertz CT molecular complexity index is 469. The van der Waals surface area contributed by atoms with Gasteiger partial charge in [-0.3, -0.25) is 4.79 Å². The topological polar surface area (TPSA) is 94.0 Å². The first-order valence-corrected chi connectivity index (χ1v) is 5.11. The second-order valence-electron chi connectivity index (χ2n) is 3.45. The monoisotopic (exact) mass is 232 g/mol. The molecule has 1 amide bonds. The molecule has 1 heterocycles. The van der Waals surface area contributed by atoms with Gasteiger partial charge in [0.2, 0.25) is 12.3 Å². The van der Waals surface area contributed by atoms with Crippen molar-refractivity contribution in [1.82, 2.24) is 15.5 Å². The van der Waals surface area contributed by atoms with E-state index < -0.39 is 6.04 Å². The molecule has 1 atom stereocenters. The van der Waals surface area contributed by atoms with E-state index in [0.717, 1.165) is 5.56 Å². The molecule has 0 saturated heterocycles. The van der Waals surface area contributed by atoms with Crippen LogP contribution in [0.15, 0.2) is 41.2 Å². The Balaban J connectivity index is 1.92. The zero-order valence-electron chi connectivity index (χ0n) is 9.04. The SMILES string of the molecule is N[C@@H](C(=O)NCc1ncon1)c1ccccc1. The summed E-state index contributed by atoms with van der Waals surface area (Å²) in [4.78, 5) is 15.5. The molecule has 88 valence electrons. The molecule has 0 unspecified atom stereocenters. The van der Waals surface area contributed by atoms with E-state index in [9.17, 15) is 4.79 Å². The third-order valence-electron chi connectivity index (χ3n) is 2.27. The number of rotatable bonds is 4. The van der Waals surface area contributed by atoms with Crippen molar-refractivity contribution in [2.24, 2.45) is 5.73 Å². The van der Waals surface area contributed by atoms with Crippen LogP contribution in [0.4, 0.5) is 0 Å². The van der Waals surface area contributed by atoms with Crippen LogP contribution in [0.2, 0.25) is 0 Å². The number of carbonyl (C=O) groups is 1. The van der Waals surface area contributed by atoms with Gasteiger partial charge in [0.15, 0.2) is 5.82 Å². The zero-order valence-corrected chi connectivity index (χ0v) is 9.04. The Morgan fingerprint density at radius 2 is 2.18 bits per heavy atom. The highest BCUT2D eigenvalue weighted by atomic mass is 16.5. The molecule has 6 nitrogen and oxygen atoms in total. The second kappa shape index (κ2) is 5.22. The van der Waals surface area contributed by atoms with E-state index in [0.29, 0.717) is 5.82 Å². The molecule has 2 rings (SSSR count). The minimum absolute atomic E-state index is 0.204. The van der Waals surface area contributed by atoms with Crippen LogP contribution in [0, 0.1) is 0 Å². The van der Waals surface area contributed by atoms with Gasteiger partial charge in [0.05, 0.1) is 6.54 Å². The van der Waals surface area contributed by atoms with Crippen molar-refractivity contribution >= 4 is 5.91 Å². The molecule has 0 radical (unpaired) electrons. The summed E-state index contributed by atoms with van der Waals surface area (Å²) in [5.41, 5.74) is 6.56. The molecule has 17 heavy (non-hydrogen) atoms.